The first kappa shape index (κ1) is 13.0. The maximum atomic E-state index is 9.29. The van der Waals surface area contributed by atoms with Gasteiger partial charge in [-0.25, -0.2) is 4.98 Å². The third-order valence-corrected chi connectivity index (χ3v) is 4.59. The van der Waals surface area contributed by atoms with Crippen molar-refractivity contribution in [3.8, 4) is 0 Å². The van der Waals surface area contributed by atoms with Crippen molar-refractivity contribution in [1.29, 1.82) is 0 Å². The fourth-order valence-corrected chi connectivity index (χ4v) is 3.14. The lowest BCUT2D eigenvalue weighted by Gasteiger charge is -2.21. The maximum Gasteiger partial charge on any atom is 0.0982 e. The molecule has 1 aliphatic rings. The van der Waals surface area contributed by atoms with Crippen LogP contribution < -0.4 is 0 Å². The summed E-state index contributed by atoms with van der Waals surface area (Å²) in [6.07, 6.45) is 2.31. The zero-order valence-electron chi connectivity index (χ0n) is 10.9. The van der Waals surface area contributed by atoms with Crippen LogP contribution in [-0.2, 0) is 12.0 Å². The number of hydrogen-bond acceptors (Lipinski definition) is 4. The number of likely N-dealkylation sites (tertiary alicyclic amines) is 1. The molecule has 1 aromatic heterocycles. The molecule has 17 heavy (non-hydrogen) atoms. The SMILES string of the molecule is CC(C)(C)c1nc(CN2CCC[C@@H]2CO)cs1. The van der Waals surface area contributed by atoms with E-state index < -0.39 is 0 Å². The fraction of sp³-hybridized carbons (Fsp3) is 0.769. The minimum absolute atomic E-state index is 0.143. The topological polar surface area (TPSA) is 36.4 Å². The number of hydrogen-bond donors (Lipinski definition) is 1. The van der Waals surface area contributed by atoms with Crippen molar-refractivity contribution < 1.29 is 5.11 Å². The molecule has 0 spiro atoms. The summed E-state index contributed by atoms with van der Waals surface area (Å²) in [7, 11) is 0. The second-order valence-corrected chi connectivity index (χ2v) is 6.70. The number of rotatable bonds is 3. The van der Waals surface area contributed by atoms with Gasteiger partial charge < -0.3 is 5.11 Å². The van der Waals surface area contributed by atoms with Crippen LogP contribution in [0.2, 0.25) is 0 Å². The first-order chi connectivity index (χ1) is 8.00. The Balaban J connectivity index is 2.02. The number of nitrogens with zero attached hydrogens (tertiary/aromatic N) is 2. The Kier molecular flexibility index (Phi) is 3.85. The standard InChI is InChI=1S/C13H22N2OS/c1-13(2,3)12-14-10(9-17-12)7-15-6-4-5-11(15)8-16/h9,11,16H,4-8H2,1-3H3/t11-/m1/s1. The molecule has 2 rings (SSSR count). The highest BCUT2D eigenvalue weighted by atomic mass is 32.1. The molecule has 1 saturated heterocycles. The lowest BCUT2D eigenvalue weighted by Crippen LogP contribution is -2.31. The zero-order valence-corrected chi connectivity index (χ0v) is 11.8. The number of aliphatic hydroxyl groups is 1. The zero-order chi connectivity index (χ0) is 12.5. The molecule has 0 bridgehead atoms. The summed E-state index contributed by atoms with van der Waals surface area (Å²) in [4.78, 5) is 7.06. The minimum Gasteiger partial charge on any atom is -0.395 e. The van der Waals surface area contributed by atoms with E-state index in [4.69, 9.17) is 4.98 Å². The second-order valence-electron chi connectivity index (χ2n) is 5.84. The predicted octanol–water partition coefficient (Wildman–Crippen LogP) is 2.40. The third kappa shape index (κ3) is 3.06. The van der Waals surface area contributed by atoms with Crippen molar-refractivity contribution in [1.82, 2.24) is 9.88 Å². The highest BCUT2D eigenvalue weighted by Gasteiger charge is 2.25. The van der Waals surface area contributed by atoms with Crippen molar-refractivity contribution in [3.63, 3.8) is 0 Å². The van der Waals surface area contributed by atoms with Crippen molar-refractivity contribution >= 4 is 11.3 Å². The van der Waals surface area contributed by atoms with Gasteiger partial charge in [0.25, 0.3) is 0 Å². The van der Waals surface area contributed by atoms with E-state index >= 15 is 0 Å². The van der Waals surface area contributed by atoms with E-state index in [0.717, 1.165) is 25.2 Å². The van der Waals surface area contributed by atoms with Crippen LogP contribution >= 0.6 is 11.3 Å². The van der Waals surface area contributed by atoms with Gasteiger partial charge in [-0.15, -0.1) is 11.3 Å². The van der Waals surface area contributed by atoms with E-state index in [2.05, 4.69) is 31.1 Å². The van der Waals surface area contributed by atoms with Gasteiger partial charge in [-0.05, 0) is 19.4 Å². The van der Waals surface area contributed by atoms with Crippen molar-refractivity contribution in [2.24, 2.45) is 0 Å². The summed E-state index contributed by atoms with van der Waals surface area (Å²) in [6.45, 7) is 8.84. The third-order valence-electron chi connectivity index (χ3n) is 3.27. The lowest BCUT2D eigenvalue weighted by molar-refractivity contribution is 0.152. The van der Waals surface area contributed by atoms with Crippen LogP contribution in [0.5, 0.6) is 0 Å². The van der Waals surface area contributed by atoms with Crippen LogP contribution in [0.3, 0.4) is 0 Å². The van der Waals surface area contributed by atoms with Gasteiger partial charge in [0.1, 0.15) is 0 Å². The van der Waals surface area contributed by atoms with Crippen LogP contribution in [-0.4, -0.2) is 34.2 Å². The number of aliphatic hydroxyl groups excluding tert-OH is 1. The summed E-state index contributed by atoms with van der Waals surface area (Å²) in [5, 5.41) is 12.7. The van der Waals surface area contributed by atoms with E-state index in [1.165, 1.54) is 11.4 Å². The van der Waals surface area contributed by atoms with E-state index in [0.29, 0.717) is 6.04 Å². The Labute approximate surface area is 107 Å². The van der Waals surface area contributed by atoms with Crippen LogP contribution in [0.4, 0.5) is 0 Å². The van der Waals surface area contributed by atoms with Gasteiger partial charge in [-0.3, -0.25) is 4.90 Å². The van der Waals surface area contributed by atoms with E-state index in [-0.39, 0.29) is 12.0 Å². The Hall–Kier alpha value is -0.450. The summed E-state index contributed by atoms with van der Waals surface area (Å²) in [5.74, 6) is 0. The Morgan fingerprint density at radius 2 is 2.29 bits per heavy atom. The molecule has 4 heteroatoms. The van der Waals surface area contributed by atoms with E-state index in [1.807, 2.05) is 0 Å². The molecule has 96 valence electrons. The van der Waals surface area contributed by atoms with Gasteiger partial charge in [0.15, 0.2) is 0 Å². The molecule has 0 saturated carbocycles. The molecule has 0 aromatic carbocycles. The van der Waals surface area contributed by atoms with Crippen LogP contribution in [0.15, 0.2) is 5.38 Å². The first-order valence-corrected chi connectivity index (χ1v) is 7.18. The maximum absolute atomic E-state index is 9.29. The van der Waals surface area contributed by atoms with Crippen LogP contribution in [0.25, 0.3) is 0 Å². The lowest BCUT2D eigenvalue weighted by atomic mass is 9.98. The minimum atomic E-state index is 0.143. The predicted molar refractivity (Wildman–Crippen MR) is 71.3 cm³/mol. The first-order valence-electron chi connectivity index (χ1n) is 6.30. The number of thiazole rings is 1. The quantitative estimate of drug-likeness (QED) is 0.900. The van der Waals surface area contributed by atoms with Gasteiger partial charge in [-0.1, -0.05) is 20.8 Å². The van der Waals surface area contributed by atoms with Crippen LogP contribution in [0.1, 0.15) is 44.3 Å². The normalized spacial score (nSPS) is 22.2. The molecule has 2 heterocycles. The molecule has 0 aliphatic carbocycles. The van der Waals surface area contributed by atoms with Crippen molar-refractivity contribution in [2.75, 3.05) is 13.2 Å². The van der Waals surface area contributed by atoms with Crippen LogP contribution in [0, 0.1) is 0 Å². The smallest absolute Gasteiger partial charge is 0.0982 e. The molecule has 1 aromatic rings. The van der Waals surface area contributed by atoms with Gasteiger partial charge in [0.05, 0.1) is 17.3 Å². The molecule has 1 fully saturated rings. The average molecular weight is 254 g/mol. The van der Waals surface area contributed by atoms with Crippen molar-refractivity contribution in [3.05, 3.63) is 16.1 Å². The highest BCUT2D eigenvalue weighted by molar-refractivity contribution is 7.09. The second kappa shape index (κ2) is 5.04. The fourth-order valence-electron chi connectivity index (χ4n) is 2.24. The Morgan fingerprint density at radius 1 is 1.53 bits per heavy atom. The molecule has 1 aliphatic heterocycles. The number of aromatic nitrogens is 1. The van der Waals surface area contributed by atoms with Gasteiger partial charge in [0.2, 0.25) is 0 Å². The highest BCUT2D eigenvalue weighted by Crippen LogP contribution is 2.27. The molecule has 0 amide bonds. The average Bonchev–Trinajstić information content (AvgIpc) is 2.86. The van der Waals surface area contributed by atoms with E-state index in [1.54, 1.807) is 11.3 Å². The largest absolute Gasteiger partial charge is 0.395 e. The van der Waals surface area contributed by atoms with Gasteiger partial charge >= 0.3 is 0 Å². The summed E-state index contributed by atoms with van der Waals surface area (Å²) >= 11 is 1.75. The Morgan fingerprint density at radius 3 is 2.88 bits per heavy atom. The summed E-state index contributed by atoms with van der Waals surface area (Å²) in [5.41, 5.74) is 1.30. The molecule has 1 N–H and O–H groups in total. The molecular weight excluding hydrogens is 232 g/mol. The molecule has 0 radical (unpaired) electrons. The van der Waals surface area contributed by atoms with E-state index in [9.17, 15) is 5.11 Å². The van der Waals surface area contributed by atoms with Gasteiger partial charge in [-0.2, -0.15) is 0 Å². The summed E-state index contributed by atoms with van der Waals surface area (Å²) < 4.78 is 0. The monoisotopic (exact) mass is 254 g/mol. The summed E-state index contributed by atoms with van der Waals surface area (Å²) in [6, 6.07) is 0.342. The van der Waals surface area contributed by atoms with Gasteiger partial charge in [0, 0.05) is 23.4 Å². The molecule has 3 nitrogen and oxygen atoms in total. The Bertz CT molecular complexity index is 370. The van der Waals surface area contributed by atoms with Crippen molar-refractivity contribution in [2.45, 2.75) is 51.6 Å². The molecule has 1 atom stereocenters. The molecular formula is C13H22N2OS. The molecule has 0 unspecified atom stereocenters.